The van der Waals surface area contributed by atoms with Crippen molar-refractivity contribution in [2.45, 2.75) is 32.6 Å². The van der Waals surface area contributed by atoms with Gasteiger partial charge in [0, 0.05) is 27.7 Å². The first-order valence-corrected chi connectivity index (χ1v) is 7.24. The van der Waals surface area contributed by atoms with Gasteiger partial charge in [-0.1, -0.05) is 25.4 Å². The van der Waals surface area contributed by atoms with E-state index in [2.05, 4.69) is 13.8 Å². The molecule has 0 radical (unpaired) electrons. The van der Waals surface area contributed by atoms with Crippen LogP contribution >= 0.6 is 24.0 Å². The number of pyridine rings is 1. The Bertz CT molecular complexity index is 709. The van der Waals surface area contributed by atoms with Crippen molar-refractivity contribution in [3.8, 4) is 0 Å². The van der Waals surface area contributed by atoms with E-state index >= 15 is 0 Å². The Labute approximate surface area is 130 Å². The first-order chi connectivity index (χ1) is 8.98. The lowest BCUT2D eigenvalue weighted by Crippen LogP contribution is -2.48. The SMILES string of the molecule is CC1(C)C2Cc3c(nc4cc(Cl)ccc4c3N)C1C2.Cl. The van der Waals surface area contributed by atoms with Gasteiger partial charge >= 0.3 is 0 Å². The Morgan fingerprint density at radius 1 is 1.35 bits per heavy atom. The van der Waals surface area contributed by atoms with E-state index in [4.69, 9.17) is 22.3 Å². The highest BCUT2D eigenvalue weighted by Gasteiger charge is 2.53. The zero-order chi connectivity index (χ0) is 13.4. The number of halogens is 2. The van der Waals surface area contributed by atoms with Crippen LogP contribution in [0.2, 0.25) is 5.02 Å². The van der Waals surface area contributed by atoms with Gasteiger partial charge in [-0.2, -0.15) is 0 Å². The number of nitrogen functional groups attached to an aromatic ring is 1. The molecule has 2 unspecified atom stereocenters. The summed E-state index contributed by atoms with van der Waals surface area (Å²) in [5, 5.41) is 1.77. The summed E-state index contributed by atoms with van der Waals surface area (Å²) in [6.07, 6.45) is 2.34. The number of aromatic nitrogens is 1. The summed E-state index contributed by atoms with van der Waals surface area (Å²) in [4.78, 5) is 4.89. The van der Waals surface area contributed by atoms with Crippen molar-refractivity contribution in [1.29, 1.82) is 0 Å². The molecule has 2 aromatic rings. The van der Waals surface area contributed by atoms with Crippen LogP contribution in [0.5, 0.6) is 0 Å². The molecule has 1 aromatic carbocycles. The summed E-state index contributed by atoms with van der Waals surface area (Å²) < 4.78 is 0. The highest BCUT2D eigenvalue weighted by molar-refractivity contribution is 6.31. The van der Waals surface area contributed by atoms with Gasteiger partial charge in [0.05, 0.1) is 5.52 Å². The van der Waals surface area contributed by atoms with E-state index in [9.17, 15) is 0 Å². The lowest BCUT2D eigenvalue weighted by atomic mass is 9.48. The van der Waals surface area contributed by atoms with Crippen LogP contribution in [0.25, 0.3) is 10.9 Å². The third-order valence-electron chi connectivity index (χ3n) is 5.38. The molecule has 5 rings (SSSR count). The van der Waals surface area contributed by atoms with Crippen molar-refractivity contribution in [2.75, 3.05) is 5.73 Å². The molecule has 1 fully saturated rings. The fourth-order valence-electron chi connectivity index (χ4n) is 3.90. The Morgan fingerprint density at radius 2 is 2.10 bits per heavy atom. The quantitative estimate of drug-likeness (QED) is 0.773. The summed E-state index contributed by atoms with van der Waals surface area (Å²) >= 11 is 6.08. The van der Waals surface area contributed by atoms with Crippen LogP contribution in [-0.2, 0) is 6.42 Å². The van der Waals surface area contributed by atoms with Crippen LogP contribution < -0.4 is 5.73 Å². The maximum absolute atomic E-state index is 6.38. The topological polar surface area (TPSA) is 38.9 Å². The van der Waals surface area contributed by atoms with E-state index in [0.29, 0.717) is 11.3 Å². The summed E-state index contributed by atoms with van der Waals surface area (Å²) in [7, 11) is 0. The van der Waals surface area contributed by atoms with Gasteiger partial charge in [0.25, 0.3) is 0 Å². The van der Waals surface area contributed by atoms with Gasteiger partial charge in [0.1, 0.15) is 0 Å². The molecular weight excluding hydrogens is 291 g/mol. The van der Waals surface area contributed by atoms with Gasteiger partial charge < -0.3 is 5.73 Å². The number of rotatable bonds is 0. The predicted octanol–water partition coefficient (Wildman–Crippen LogP) is 4.58. The van der Waals surface area contributed by atoms with Crippen molar-refractivity contribution in [1.82, 2.24) is 4.98 Å². The van der Waals surface area contributed by atoms with Gasteiger partial charge in [-0.15, -0.1) is 12.4 Å². The molecule has 0 saturated heterocycles. The average Bonchev–Trinajstić information content (AvgIpc) is 2.37. The molecule has 0 spiro atoms. The minimum absolute atomic E-state index is 0. The van der Waals surface area contributed by atoms with Gasteiger partial charge in [0.2, 0.25) is 0 Å². The molecule has 20 heavy (non-hydrogen) atoms. The van der Waals surface area contributed by atoms with E-state index in [1.807, 2.05) is 18.2 Å². The number of hydrogen-bond donors (Lipinski definition) is 1. The molecule has 0 amide bonds. The molecule has 4 heteroatoms. The fourth-order valence-corrected chi connectivity index (χ4v) is 4.06. The first kappa shape index (κ1) is 14.0. The highest BCUT2D eigenvalue weighted by atomic mass is 35.5. The van der Waals surface area contributed by atoms with Gasteiger partial charge in [-0.3, -0.25) is 4.98 Å². The largest absolute Gasteiger partial charge is 0.398 e. The predicted molar refractivity (Wildman–Crippen MR) is 86.7 cm³/mol. The third-order valence-corrected chi connectivity index (χ3v) is 5.61. The zero-order valence-corrected chi connectivity index (χ0v) is 13.2. The Hall–Kier alpha value is -0.990. The van der Waals surface area contributed by atoms with E-state index in [1.165, 1.54) is 17.7 Å². The summed E-state index contributed by atoms with van der Waals surface area (Å²) in [5.41, 5.74) is 11.1. The van der Waals surface area contributed by atoms with E-state index in [1.54, 1.807) is 0 Å². The molecule has 3 aliphatic rings. The van der Waals surface area contributed by atoms with Gasteiger partial charge in [0.15, 0.2) is 0 Å². The Kier molecular flexibility index (Phi) is 2.97. The fraction of sp³-hybridized carbons (Fsp3) is 0.438. The third kappa shape index (κ3) is 1.61. The maximum Gasteiger partial charge on any atom is 0.0741 e. The number of nitrogens with zero attached hydrogens (tertiary/aromatic N) is 1. The lowest BCUT2D eigenvalue weighted by Gasteiger charge is -2.56. The minimum atomic E-state index is 0. The van der Waals surface area contributed by atoms with Crippen molar-refractivity contribution in [3.63, 3.8) is 0 Å². The Morgan fingerprint density at radius 3 is 2.80 bits per heavy atom. The van der Waals surface area contributed by atoms with Crippen molar-refractivity contribution in [2.24, 2.45) is 11.3 Å². The first-order valence-electron chi connectivity index (χ1n) is 6.86. The molecule has 2 nitrogen and oxygen atoms in total. The summed E-state index contributed by atoms with van der Waals surface area (Å²) in [6.45, 7) is 4.71. The van der Waals surface area contributed by atoms with Crippen molar-refractivity contribution >= 4 is 40.6 Å². The zero-order valence-electron chi connectivity index (χ0n) is 11.6. The second-order valence-electron chi connectivity index (χ2n) is 6.56. The lowest BCUT2D eigenvalue weighted by molar-refractivity contribution is 0.0161. The van der Waals surface area contributed by atoms with Crippen LogP contribution in [-0.4, -0.2) is 4.98 Å². The van der Waals surface area contributed by atoms with Crippen LogP contribution in [0, 0.1) is 11.3 Å². The molecule has 1 saturated carbocycles. The van der Waals surface area contributed by atoms with Crippen LogP contribution in [0.3, 0.4) is 0 Å². The number of benzene rings is 1. The minimum Gasteiger partial charge on any atom is -0.398 e. The number of anilines is 1. The summed E-state index contributed by atoms with van der Waals surface area (Å²) in [5.74, 6) is 1.32. The Balaban J connectivity index is 0.00000121. The van der Waals surface area contributed by atoms with Crippen LogP contribution in [0.1, 0.15) is 37.4 Å². The summed E-state index contributed by atoms with van der Waals surface area (Å²) in [6, 6.07) is 5.80. The smallest absolute Gasteiger partial charge is 0.0741 e. The highest BCUT2D eigenvalue weighted by Crippen LogP contribution is 2.62. The second kappa shape index (κ2) is 4.25. The van der Waals surface area contributed by atoms with Crippen LogP contribution in [0.4, 0.5) is 5.69 Å². The second-order valence-corrected chi connectivity index (χ2v) is 7.00. The molecule has 0 aliphatic heterocycles. The van der Waals surface area contributed by atoms with Gasteiger partial charge in [-0.25, -0.2) is 0 Å². The number of nitrogens with two attached hydrogens (primary N) is 1. The molecule has 2 N–H and O–H groups in total. The van der Waals surface area contributed by atoms with E-state index in [0.717, 1.165) is 34.0 Å². The molecule has 2 bridgehead atoms. The standard InChI is InChI=1S/C16H17ClN2.ClH/c1-16(2)8-5-11-14(18)10-4-3-9(17)7-13(10)19-15(11)12(16)6-8;/h3-4,7-8,12H,5-6H2,1-2H3,(H2,18,19);1H. The number of fused-ring (bicyclic) bond motifs is 1. The van der Waals surface area contributed by atoms with E-state index < -0.39 is 0 Å². The average molecular weight is 309 g/mol. The van der Waals surface area contributed by atoms with Gasteiger partial charge in [-0.05, 0) is 47.9 Å². The van der Waals surface area contributed by atoms with Crippen molar-refractivity contribution in [3.05, 3.63) is 34.5 Å². The molecule has 2 atom stereocenters. The normalized spacial score (nSPS) is 25.6. The number of hydrogen-bond acceptors (Lipinski definition) is 2. The molecular formula is C16H18Cl2N2. The molecule has 1 aromatic heterocycles. The molecule has 106 valence electrons. The molecule has 3 aliphatic carbocycles. The maximum atomic E-state index is 6.38. The van der Waals surface area contributed by atoms with Crippen LogP contribution in [0.15, 0.2) is 18.2 Å². The monoisotopic (exact) mass is 308 g/mol. The molecule has 1 heterocycles. The van der Waals surface area contributed by atoms with E-state index in [-0.39, 0.29) is 12.4 Å². The van der Waals surface area contributed by atoms with Crippen molar-refractivity contribution < 1.29 is 0 Å².